The van der Waals surface area contributed by atoms with Crippen LogP contribution in [0.5, 0.6) is 0 Å². The van der Waals surface area contributed by atoms with Crippen LogP contribution in [0.3, 0.4) is 0 Å². The first-order valence-electron chi connectivity index (χ1n) is 7.15. The maximum atomic E-state index is 14.2. The Hall–Kier alpha value is -0.980. The summed E-state index contributed by atoms with van der Waals surface area (Å²) in [5, 5.41) is 4.02. The highest BCUT2D eigenvalue weighted by Crippen LogP contribution is 2.37. The van der Waals surface area contributed by atoms with E-state index in [-0.39, 0.29) is 16.3 Å². The third-order valence-corrected chi connectivity index (χ3v) is 5.33. The van der Waals surface area contributed by atoms with E-state index in [4.69, 9.17) is 11.6 Å². The van der Waals surface area contributed by atoms with Crippen LogP contribution in [0.1, 0.15) is 19.3 Å². The fraction of sp³-hybridized carbons (Fsp3) is 0.467. The van der Waals surface area contributed by atoms with Crippen molar-refractivity contribution in [1.82, 2.24) is 14.9 Å². The van der Waals surface area contributed by atoms with Crippen LogP contribution in [0.15, 0.2) is 16.6 Å². The zero-order chi connectivity index (χ0) is 15.9. The largest absolute Gasteiger partial charge is 0.368 e. The van der Waals surface area contributed by atoms with Gasteiger partial charge in [0.2, 0.25) is 5.28 Å². The minimum Gasteiger partial charge on any atom is -0.368 e. The number of rotatable bonds is 4. The third kappa shape index (κ3) is 2.68. The Morgan fingerprint density at radius 2 is 2.09 bits per heavy atom. The van der Waals surface area contributed by atoms with Crippen molar-refractivity contribution >= 4 is 44.3 Å². The van der Waals surface area contributed by atoms with Crippen LogP contribution in [0.4, 0.5) is 10.2 Å². The molecule has 1 aliphatic rings. The van der Waals surface area contributed by atoms with Gasteiger partial charge in [0.25, 0.3) is 0 Å². The highest BCUT2D eigenvalue weighted by Gasteiger charge is 2.38. The van der Waals surface area contributed by atoms with E-state index >= 15 is 0 Å². The monoisotopic (exact) mass is 386 g/mol. The van der Waals surface area contributed by atoms with Gasteiger partial charge < -0.3 is 10.2 Å². The minimum absolute atomic E-state index is 0.0412. The summed E-state index contributed by atoms with van der Waals surface area (Å²) in [5.74, 6) is 0.158. The first-order chi connectivity index (χ1) is 10.4. The Balaban J connectivity index is 1.95. The van der Waals surface area contributed by atoms with E-state index in [1.54, 1.807) is 12.1 Å². The number of hydrogen-bond acceptors (Lipinski definition) is 4. The summed E-state index contributed by atoms with van der Waals surface area (Å²) in [6.45, 7) is 0.750. The molecule has 1 aromatic heterocycles. The molecule has 0 radical (unpaired) electrons. The summed E-state index contributed by atoms with van der Waals surface area (Å²) in [7, 11) is 4.17. The molecule has 22 heavy (non-hydrogen) atoms. The van der Waals surface area contributed by atoms with Gasteiger partial charge in [0.05, 0.1) is 4.47 Å². The third-order valence-electron chi connectivity index (χ3n) is 4.55. The first-order valence-corrected chi connectivity index (χ1v) is 8.33. The van der Waals surface area contributed by atoms with Gasteiger partial charge in [0.15, 0.2) is 5.82 Å². The highest BCUT2D eigenvalue weighted by molar-refractivity contribution is 9.10. The van der Waals surface area contributed by atoms with Gasteiger partial charge in [-0.25, -0.2) is 14.4 Å². The predicted molar refractivity (Wildman–Crippen MR) is 91.0 cm³/mol. The minimum atomic E-state index is -0.421. The van der Waals surface area contributed by atoms with E-state index in [0.29, 0.717) is 15.7 Å². The van der Waals surface area contributed by atoms with Crippen molar-refractivity contribution in [3.8, 4) is 0 Å². The fourth-order valence-corrected chi connectivity index (χ4v) is 3.35. The molecular formula is C15H17BrClFN4. The van der Waals surface area contributed by atoms with Crippen molar-refractivity contribution in [3.05, 3.63) is 27.7 Å². The molecule has 0 saturated heterocycles. The lowest BCUT2D eigenvalue weighted by Crippen LogP contribution is -2.54. The molecule has 1 aliphatic carbocycles. The quantitative estimate of drug-likeness (QED) is 0.803. The standard InChI is InChI=1S/C15H17BrClFN4/c1-22(2)15(6-3-7-15)8-19-13-9-4-5-10(16)11(18)12(9)20-14(17)21-13/h4-5H,3,6-8H2,1-2H3,(H,19,20,21). The molecular weight excluding hydrogens is 371 g/mol. The molecule has 7 heteroatoms. The van der Waals surface area contributed by atoms with Gasteiger partial charge in [-0.1, -0.05) is 0 Å². The van der Waals surface area contributed by atoms with Crippen LogP contribution in [-0.2, 0) is 0 Å². The number of aromatic nitrogens is 2. The predicted octanol–water partition coefficient (Wildman–Crippen LogP) is 4.08. The number of nitrogens with zero attached hydrogens (tertiary/aromatic N) is 3. The lowest BCUT2D eigenvalue weighted by atomic mass is 9.75. The van der Waals surface area contributed by atoms with Crippen LogP contribution < -0.4 is 5.32 Å². The van der Waals surface area contributed by atoms with Crippen LogP contribution >= 0.6 is 27.5 Å². The maximum absolute atomic E-state index is 14.2. The Labute approximate surface area is 142 Å². The zero-order valence-electron chi connectivity index (χ0n) is 12.5. The van der Waals surface area contributed by atoms with E-state index in [1.165, 1.54) is 6.42 Å². The second kappa shape index (κ2) is 5.91. The molecule has 0 atom stereocenters. The lowest BCUT2D eigenvalue weighted by molar-refractivity contribution is 0.0738. The van der Waals surface area contributed by atoms with Crippen molar-refractivity contribution in [3.63, 3.8) is 0 Å². The van der Waals surface area contributed by atoms with Gasteiger partial charge in [-0.3, -0.25) is 0 Å². The molecule has 1 aromatic carbocycles. The van der Waals surface area contributed by atoms with E-state index in [9.17, 15) is 4.39 Å². The first kappa shape index (κ1) is 15.9. The number of halogens is 3. The van der Waals surface area contributed by atoms with E-state index in [1.807, 2.05) is 0 Å². The van der Waals surface area contributed by atoms with Crippen molar-refractivity contribution in [2.75, 3.05) is 26.0 Å². The lowest BCUT2D eigenvalue weighted by Gasteiger charge is -2.47. The Morgan fingerprint density at radius 3 is 2.68 bits per heavy atom. The molecule has 1 N–H and O–H groups in total. The summed E-state index contributed by atoms with van der Waals surface area (Å²) in [6, 6.07) is 3.45. The molecule has 1 heterocycles. The Bertz CT molecular complexity index is 718. The molecule has 3 rings (SSSR count). The maximum Gasteiger partial charge on any atom is 0.225 e. The van der Waals surface area contributed by atoms with Crippen LogP contribution in [0.2, 0.25) is 5.28 Å². The van der Waals surface area contributed by atoms with E-state index in [0.717, 1.165) is 19.4 Å². The van der Waals surface area contributed by atoms with Gasteiger partial charge in [-0.2, -0.15) is 0 Å². The number of fused-ring (bicyclic) bond motifs is 1. The Morgan fingerprint density at radius 1 is 1.36 bits per heavy atom. The van der Waals surface area contributed by atoms with Crippen LogP contribution in [0.25, 0.3) is 10.9 Å². The van der Waals surface area contributed by atoms with Crippen molar-refractivity contribution in [1.29, 1.82) is 0 Å². The molecule has 0 unspecified atom stereocenters. The molecule has 1 saturated carbocycles. The summed E-state index contributed by atoms with van der Waals surface area (Å²) in [5.41, 5.74) is 0.363. The van der Waals surface area contributed by atoms with Crippen molar-refractivity contribution in [2.45, 2.75) is 24.8 Å². The van der Waals surface area contributed by atoms with Crippen LogP contribution in [-0.4, -0.2) is 41.0 Å². The average molecular weight is 388 g/mol. The van der Waals surface area contributed by atoms with Gasteiger partial charge in [-0.05, 0) is 73.0 Å². The second-order valence-corrected chi connectivity index (χ2v) is 7.12. The van der Waals surface area contributed by atoms with Crippen molar-refractivity contribution in [2.24, 2.45) is 0 Å². The smallest absolute Gasteiger partial charge is 0.225 e. The fourth-order valence-electron chi connectivity index (χ4n) is 2.86. The summed E-state index contributed by atoms with van der Waals surface area (Å²) in [4.78, 5) is 10.5. The molecule has 0 amide bonds. The van der Waals surface area contributed by atoms with Gasteiger partial charge >= 0.3 is 0 Å². The van der Waals surface area contributed by atoms with E-state index < -0.39 is 5.82 Å². The molecule has 0 bridgehead atoms. The van der Waals surface area contributed by atoms with Crippen molar-refractivity contribution < 1.29 is 4.39 Å². The molecule has 118 valence electrons. The van der Waals surface area contributed by atoms with Gasteiger partial charge in [0, 0.05) is 17.5 Å². The number of benzene rings is 1. The molecule has 2 aromatic rings. The Kier molecular flexibility index (Phi) is 4.27. The van der Waals surface area contributed by atoms with E-state index in [2.05, 4.69) is 50.2 Å². The zero-order valence-corrected chi connectivity index (χ0v) is 14.8. The van der Waals surface area contributed by atoms with Gasteiger partial charge in [-0.15, -0.1) is 0 Å². The van der Waals surface area contributed by atoms with Crippen LogP contribution in [0, 0.1) is 5.82 Å². The highest BCUT2D eigenvalue weighted by atomic mass is 79.9. The molecule has 0 spiro atoms. The summed E-state index contributed by atoms with van der Waals surface area (Å²) < 4.78 is 14.6. The molecule has 1 fully saturated rings. The number of nitrogens with one attached hydrogen (secondary N) is 1. The van der Waals surface area contributed by atoms with Gasteiger partial charge in [0.1, 0.15) is 11.3 Å². The second-order valence-electron chi connectivity index (χ2n) is 5.92. The molecule has 0 aliphatic heterocycles. The number of likely N-dealkylation sites (N-methyl/N-ethyl adjacent to an activating group) is 1. The average Bonchev–Trinajstić information content (AvgIpc) is 2.41. The summed E-state index contributed by atoms with van der Waals surface area (Å²) in [6.07, 6.45) is 3.51. The SMILES string of the molecule is CN(C)C1(CNc2nc(Cl)nc3c(F)c(Br)ccc23)CCC1. The normalized spacial score (nSPS) is 16.8. The molecule has 4 nitrogen and oxygen atoms in total. The summed E-state index contributed by atoms with van der Waals surface area (Å²) >= 11 is 9.12. The number of hydrogen-bond donors (Lipinski definition) is 1. The number of anilines is 1. The topological polar surface area (TPSA) is 41.0 Å².